The van der Waals surface area contributed by atoms with E-state index >= 15 is 0 Å². The highest BCUT2D eigenvalue weighted by molar-refractivity contribution is 5.79. The first-order chi connectivity index (χ1) is 10.3. The molecule has 21 heavy (non-hydrogen) atoms. The molecule has 0 aromatic carbocycles. The number of ether oxygens (including phenoxy) is 1. The largest absolute Gasteiger partial charge is 0.467 e. The lowest BCUT2D eigenvalue weighted by atomic mass is 9.83. The van der Waals surface area contributed by atoms with Gasteiger partial charge in [-0.05, 0) is 36.8 Å². The van der Waals surface area contributed by atoms with Gasteiger partial charge in [0.05, 0.1) is 12.8 Å². The Morgan fingerprint density at radius 3 is 2.81 bits per heavy atom. The van der Waals surface area contributed by atoms with Crippen molar-refractivity contribution in [3.63, 3.8) is 0 Å². The molecular formula is C16H27N3O2. The molecule has 0 bridgehead atoms. The van der Waals surface area contributed by atoms with Crippen LogP contribution in [0.2, 0.25) is 0 Å². The summed E-state index contributed by atoms with van der Waals surface area (Å²) >= 11 is 0. The second-order valence-corrected chi connectivity index (χ2v) is 5.81. The third-order valence-electron chi connectivity index (χ3n) is 4.37. The van der Waals surface area contributed by atoms with Crippen molar-refractivity contribution in [2.45, 2.75) is 38.6 Å². The topological polar surface area (TPSA) is 58.8 Å². The van der Waals surface area contributed by atoms with Gasteiger partial charge in [0.15, 0.2) is 5.96 Å². The van der Waals surface area contributed by atoms with Crippen molar-refractivity contribution in [1.29, 1.82) is 0 Å². The Labute approximate surface area is 127 Å². The Bertz CT molecular complexity index is 423. The Hall–Kier alpha value is -1.49. The van der Waals surface area contributed by atoms with E-state index in [1.807, 2.05) is 12.1 Å². The van der Waals surface area contributed by atoms with E-state index < -0.39 is 0 Å². The second-order valence-electron chi connectivity index (χ2n) is 5.81. The zero-order chi connectivity index (χ0) is 15.0. The lowest BCUT2D eigenvalue weighted by Crippen LogP contribution is -2.43. The van der Waals surface area contributed by atoms with Crippen LogP contribution < -0.4 is 10.6 Å². The van der Waals surface area contributed by atoms with Gasteiger partial charge in [-0.15, -0.1) is 0 Å². The summed E-state index contributed by atoms with van der Waals surface area (Å²) in [7, 11) is 3.58. The number of nitrogens with zero attached hydrogens (tertiary/aromatic N) is 1. The predicted molar refractivity (Wildman–Crippen MR) is 84.3 cm³/mol. The molecule has 1 fully saturated rings. The highest BCUT2D eigenvalue weighted by Crippen LogP contribution is 2.40. The summed E-state index contributed by atoms with van der Waals surface area (Å²) in [4.78, 5) is 4.28. The van der Waals surface area contributed by atoms with Crippen LogP contribution in [0.3, 0.4) is 0 Å². The molecule has 0 radical (unpaired) electrons. The fourth-order valence-electron chi connectivity index (χ4n) is 3.03. The van der Waals surface area contributed by atoms with Crippen molar-refractivity contribution in [3.8, 4) is 0 Å². The van der Waals surface area contributed by atoms with E-state index in [-0.39, 0.29) is 0 Å². The number of furan rings is 1. The Morgan fingerprint density at radius 2 is 2.19 bits per heavy atom. The number of aliphatic imine (C=N–C) groups is 1. The average Bonchev–Trinajstić information content (AvgIpc) is 3.17. The molecule has 1 heterocycles. The van der Waals surface area contributed by atoms with Crippen molar-refractivity contribution in [2.75, 3.05) is 27.3 Å². The molecule has 118 valence electrons. The Morgan fingerprint density at radius 1 is 1.38 bits per heavy atom. The SMILES string of the molecule is CN=C(NCc1ccco1)NCC1(CCOC)CCCC1. The summed E-state index contributed by atoms with van der Waals surface area (Å²) in [5, 5.41) is 6.75. The fraction of sp³-hybridized carbons (Fsp3) is 0.688. The molecule has 1 aromatic heterocycles. The monoisotopic (exact) mass is 293 g/mol. The van der Waals surface area contributed by atoms with Gasteiger partial charge in [-0.25, -0.2) is 0 Å². The van der Waals surface area contributed by atoms with E-state index in [1.165, 1.54) is 25.7 Å². The van der Waals surface area contributed by atoms with E-state index in [0.717, 1.165) is 31.3 Å². The third kappa shape index (κ3) is 4.77. The van der Waals surface area contributed by atoms with Gasteiger partial charge >= 0.3 is 0 Å². The summed E-state index contributed by atoms with van der Waals surface area (Å²) < 4.78 is 10.6. The molecule has 1 aliphatic carbocycles. The Balaban J connectivity index is 1.80. The minimum absolute atomic E-state index is 0.359. The Kier molecular flexibility index (Phi) is 6.11. The van der Waals surface area contributed by atoms with Crippen LogP contribution in [0.1, 0.15) is 37.9 Å². The normalized spacial score (nSPS) is 17.9. The molecule has 0 aliphatic heterocycles. The van der Waals surface area contributed by atoms with Crippen molar-refractivity contribution in [3.05, 3.63) is 24.2 Å². The highest BCUT2D eigenvalue weighted by atomic mass is 16.5. The van der Waals surface area contributed by atoms with E-state index in [0.29, 0.717) is 12.0 Å². The fourth-order valence-corrected chi connectivity index (χ4v) is 3.03. The maximum atomic E-state index is 5.32. The third-order valence-corrected chi connectivity index (χ3v) is 4.37. The summed E-state index contributed by atoms with van der Waals surface area (Å²) in [6.45, 7) is 2.44. The van der Waals surface area contributed by atoms with Gasteiger partial charge in [0, 0.05) is 27.3 Å². The number of methoxy groups -OCH3 is 1. The molecule has 0 spiro atoms. The van der Waals surface area contributed by atoms with Gasteiger partial charge in [-0.2, -0.15) is 0 Å². The van der Waals surface area contributed by atoms with Gasteiger partial charge in [-0.1, -0.05) is 12.8 Å². The van der Waals surface area contributed by atoms with Gasteiger partial charge in [0.2, 0.25) is 0 Å². The van der Waals surface area contributed by atoms with E-state index in [4.69, 9.17) is 9.15 Å². The predicted octanol–water partition coefficient (Wildman–Crippen LogP) is 2.54. The van der Waals surface area contributed by atoms with Crippen molar-refractivity contribution in [2.24, 2.45) is 10.4 Å². The van der Waals surface area contributed by atoms with Gasteiger partial charge in [0.1, 0.15) is 5.76 Å². The molecule has 0 atom stereocenters. The first-order valence-corrected chi connectivity index (χ1v) is 7.74. The van der Waals surface area contributed by atoms with Crippen LogP contribution in [0.15, 0.2) is 27.8 Å². The molecule has 2 rings (SSSR count). The van der Waals surface area contributed by atoms with Crippen molar-refractivity contribution < 1.29 is 9.15 Å². The van der Waals surface area contributed by atoms with Crippen molar-refractivity contribution in [1.82, 2.24) is 10.6 Å². The molecule has 0 saturated heterocycles. The summed E-state index contributed by atoms with van der Waals surface area (Å²) in [6.07, 6.45) is 8.00. The molecule has 1 saturated carbocycles. The van der Waals surface area contributed by atoms with Gasteiger partial charge < -0.3 is 19.8 Å². The van der Waals surface area contributed by atoms with Crippen LogP contribution in [0.25, 0.3) is 0 Å². The van der Waals surface area contributed by atoms with Crippen LogP contribution in [0.4, 0.5) is 0 Å². The second kappa shape index (κ2) is 8.08. The van der Waals surface area contributed by atoms with Crippen LogP contribution in [0.5, 0.6) is 0 Å². The van der Waals surface area contributed by atoms with Gasteiger partial charge in [-0.3, -0.25) is 4.99 Å². The van der Waals surface area contributed by atoms with E-state index in [1.54, 1.807) is 20.4 Å². The average molecular weight is 293 g/mol. The highest BCUT2D eigenvalue weighted by Gasteiger charge is 2.33. The zero-order valence-electron chi connectivity index (χ0n) is 13.2. The first-order valence-electron chi connectivity index (χ1n) is 7.74. The summed E-state index contributed by atoms with van der Waals surface area (Å²) in [6, 6.07) is 3.85. The number of nitrogens with one attached hydrogen (secondary N) is 2. The maximum absolute atomic E-state index is 5.32. The number of guanidine groups is 1. The molecule has 2 N–H and O–H groups in total. The van der Waals surface area contributed by atoms with Crippen LogP contribution in [0, 0.1) is 5.41 Å². The minimum atomic E-state index is 0.359. The molecule has 5 nitrogen and oxygen atoms in total. The smallest absolute Gasteiger partial charge is 0.191 e. The molecule has 1 aromatic rings. The van der Waals surface area contributed by atoms with E-state index in [9.17, 15) is 0 Å². The summed E-state index contributed by atoms with van der Waals surface area (Å²) in [5.74, 6) is 1.74. The van der Waals surface area contributed by atoms with Crippen LogP contribution in [-0.2, 0) is 11.3 Å². The lowest BCUT2D eigenvalue weighted by Gasteiger charge is -2.29. The molecule has 0 unspecified atom stereocenters. The molecule has 5 heteroatoms. The quantitative estimate of drug-likeness (QED) is 0.599. The maximum Gasteiger partial charge on any atom is 0.191 e. The molecule has 0 amide bonds. The summed E-state index contributed by atoms with van der Waals surface area (Å²) in [5.41, 5.74) is 0.359. The number of rotatable bonds is 7. The lowest BCUT2D eigenvalue weighted by molar-refractivity contribution is 0.138. The van der Waals surface area contributed by atoms with Gasteiger partial charge in [0.25, 0.3) is 0 Å². The molecule has 1 aliphatic rings. The molecular weight excluding hydrogens is 266 g/mol. The van der Waals surface area contributed by atoms with Crippen LogP contribution >= 0.6 is 0 Å². The number of hydrogen-bond donors (Lipinski definition) is 2. The minimum Gasteiger partial charge on any atom is -0.467 e. The first kappa shape index (κ1) is 15.9. The van der Waals surface area contributed by atoms with E-state index in [2.05, 4.69) is 15.6 Å². The zero-order valence-corrected chi connectivity index (χ0v) is 13.2. The number of hydrogen-bond acceptors (Lipinski definition) is 3. The standard InChI is InChI=1S/C16H27N3O2/c1-17-15(18-12-14-6-5-10-21-14)19-13-16(9-11-20-2)7-3-4-8-16/h5-6,10H,3-4,7-9,11-13H2,1-2H3,(H2,17,18,19). The van der Waals surface area contributed by atoms with Crippen molar-refractivity contribution >= 4 is 5.96 Å². The van der Waals surface area contributed by atoms with Crippen LogP contribution in [-0.4, -0.2) is 33.3 Å².